The molecule has 5 nitrogen and oxygen atoms in total. The molecule has 1 aliphatic rings. The maximum atomic E-state index is 12.0. The molecule has 0 bridgehead atoms. The summed E-state index contributed by atoms with van der Waals surface area (Å²) in [6.07, 6.45) is 2.40. The number of hydrogen-bond acceptors (Lipinski definition) is 5. The van der Waals surface area contributed by atoms with Gasteiger partial charge in [-0.05, 0) is 61.2 Å². The van der Waals surface area contributed by atoms with Crippen LogP contribution >= 0.6 is 11.6 Å². The molecule has 1 aliphatic heterocycles. The van der Waals surface area contributed by atoms with Crippen molar-refractivity contribution in [2.24, 2.45) is 0 Å². The minimum absolute atomic E-state index is 0.0648. The molecule has 2 aromatic rings. The average molecular weight is 401 g/mol. The van der Waals surface area contributed by atoms with E-state index in [0.29, 0.717) is 22.9 Å². The Bertz CT molecular complexity index is 931. The molecule has 0 aliphatic carbocycles. The van der Waals surface area contributed by atoms with Gasteiger partial charge in [0.05, 0.1) is 12.9 Å². The molecule has 3 rings (SSSR count). The van der Waals surface area contributed by atoms with E-state index in [-0.39, 0.29) is 12.5 Å². The van der Waals surface area contributed by atoms with E-state index in [0.717, 1.165) is 22.3 Å². The molecule has 1 unspecified atom stereocenters. The zero-order chi connectivity index (χ0) is 20.3. The van der Waals surface area contributed by atoms with Gasteiger partial charge in [-0.25, -0.2) is 9.59 Å². The van der Waals surface area contributed by atoms with E-state index in [4.69, 9.17) is 25.8 Å². The molecule has 0 saturated carbocycles. The molecular weight excluding hydrogens is 380 g/mol. The Labute approximate surface area is 168 Å². The van der Waals surface area contributed by atoms with Gasteiger partial charge in [0.2, 0.25) is 0 Å². The first-order valence-corrected chi connectivity index (χ1v) is 9.40. The summed E-state index contributed by atoms with van der Waals surface area (Å²) in [4.78, 5) is 23.7. The molecule has 0 spiro atoms. The highest BCUT2D eigenvalue weighted by atomic mass is 35.5. The van der Waals surface area contributed by atoms with Crippen LogP contribution in [0.4, 0.5) is 0 Å². The van der Waals surface area contributed by atoms with Crippen molar-refractivity contribution >= 4 is 23.5 Å². The SMILES string of the molecule is CCOC(=O)C(=O)Oc1cc(C)cc2c1C(C)C(Cc1ccc(Cl)cc1)=CO2. The van der Waals surface area contributed by atoms with Gasteiger partial charge in [0, 0.05) is 16.5 Å². The number of aryl methyl sites for hydroxylation is 1. The second kappa shape index (κ2) is 8.48. The molecule has 0 radical (unpaired) electrons. The van der Waals surface area contributed by atoms with Gasteiger partial charge in [-0.3, -0.25) is 0 Å². The van der Waals surface area contributed by atoms with Crippen LogP contribution in [0.25, 0.3) is 0 Å². The number of ether oxygens (including phenoxy) is 3. The zero-order valence-corrected chi connectivity index (χ0v) is 16.7. The molecule has 0 N–H and O–H groups in total. The molecule has 0 saturated heterocycles. The van der Waals surface area contributed by atoms with Crippen molar-refractivity contribution in [3.63, 3.8) is 0 Å². The molecule has 0 aromatic heterocycles. The number of fused-ring (bicyclic) bond motifs is 1. The summed E-state index contributed by atoms with van der Waals surface area (Å²) in [6.45, 7) is 5.61. The van der Waals surface area contributed by atoms with Crippen molar-refractivity contribution < 1.29 is 23.8 Å². The zero-order valence-electron chi connectivity index (χ0n) is 16.0. The molecule has 0 amide bonds. The minimum Gasteiger partial charge on any atom is -0.465 e. The number of halogens is 1. The van der Waals surface area contributed by atoms with E-state index in [1.54, 1.807) is 19.3 Å². The van der Waals surface area contributed by atoms with E-state index in [2.05, 4.69) is 0 Å². The smallest absolute Gasteiger partial charge is 0.422 e. The summed E-state index contributed by atoms with van der Waals surface area (Å²) in [5, 5.41) is 0.680. The summed E-state index contributed by atoms with van der Waals surface area (Å²) in [7, 11) is 0. The highest BCUT2D eigenvalue weighted by molar-refractivity contribution is 6.30. The number of rotatable bonds is 4. The molecule has 28 heavy (non-hydrogen) atoms. The highest BCUT2D eigenvalue weighted by Crippen LogP contribution is 2.43. The summed E-state index contributed by atoms with van der Waals surface area (Å²) in [5.41, 5.74) is 3.70. The topological polar surface area (TPSA) is 61.8 Å². The van der Waals surface area contributed by atoms with Crippen molar-refractivity contribution in [1.82, 2.24) is 0 Å². The van der Waals surface area contributed by atoms with Gasteiger partial charge in [0.1, 0.15) is 11.5 Å². The quantitative estimate of drug-likeness (QED) is 0.421. The summed E-state index contributed by atoms with van der Waals surface area (Å²) < 4.78 is 15.9. The van der Waals surface area contributed by atoms with Crippen LogP contribution in [0.15, 0.2) is 48.2 Å². The minimum atomic E-state index is -1.05. The van der Waals surface area contributed by atoms with Crippen LogP contribution in [0.3, 0.4) is 0 Å². The predicted molar refractivity (Wildman–Crippen MR) is 106 cm³/mol. The van der Waals surface area contributed by atoms with Crippen LogP contribution in [0.1, 0.15) is 36.5 Å². The maximum absolute atomic E-state index is 12.0. The van der Waals surface area contributed by atoms with Gasteiger partial charge in [-0.15, -0.1) is 0 Å². The molecule has 146 valence electrons. The van der Waals surface area contributed by atoms with Crippen LogP contribution in [-0.2, 0) is 20.7 Å². The third kappa shape index (κ3) is 4.37. The lowest BCUT2D eigenvalue weighted by atomic mass is 9.86. The second-order valence-electron chi connectivity index (χ2n) is 6.62. The largest absolute Gasteiger partial charge is 0.465 e. The summed E-state index contributed by atoms with van der Waals surface area (Å²) in [5.74, 6) is -1.21. The Balaban J connectivity index is 1.88. The Morgan fingerprint density at radius 3 is 2.54 bits per heavy atom. The van der Waals surface area contributed by atoms with Gasteiger partial charge in [0.15, 0.2) is 0 Å². The van der Waals surface area contributed by atoms with Gasteiger partial charge in [-0.1, -0.05) is 30.7 Å². The van der Waals surface area contributed by atoms with Crippen LogP contribution < -0.4 is 9.47 Å². The van der Waals surface area contributed by atoms with Gasteiger partial charge in [-0.2, -0.15) is 0 Å². The lowest BCUT2D eigenvalue weighted by molar-refractivity contribution is -0.161. The monoisotopic (exact) mass is 400 g/mol. The Hall–Kier alpha value is -2.79. The first kappa shape index (κ1) is 20.0. The molecule has 1 atom stereocenters. The van der Waals surface area contributed by atoms with Crippen LogP contribution in [0, 0.1) is 6.92 Å². The summed E-state index contributed by atoms with van der Waals surface area (Å²) >= 11 is 5.96. The lowest BCUT2D eigenvalue weighted by Crippen LogP contribution is -2.24. The Morgan fingerprint density at radius 1 is 1.14 bits per heavy atom. The number of carbonyl (C=O) groups excluding carboxylic acids is 2. The average Bonchev–Trinajstić information content (AvgIpc) is 2.65. The third-order valence-corrected chi connectivity index (χ3v) is 4.79. The molecule has 1 heterocycles. The van der Waals surface area contributed by atoms with E-state index in [9.17, 15) is 9.59 Å². The van der Waals surface area contributed by atoms with E-state index in [1.165, 1.54) is 0 Å². The first-order valence-electron chi connectivity index (χ1n) is 9.02. The number of esters is 2. The predicted octanol–water partition coefficient (Wildman–Crippen LogP) is 4.74. The Morgan fingerprint density at radius 2 is 1.86 bits per heavy atom. The lowest BCUT2D eigenvalue weighted by Gasteiger charge is -2.26. The van der Waals surface area contributed by atoms with Crippen molar-refractivity contribution in [1.29, 1.82) is 0 Å². The van der Waals surface area contributed by atoms with Crippen LogP contribution in [0.5, 0.6) is 11.5 Å². The van der Waals surface area contributed by atoms with Crippen molar-refractivity contribution in [2.45, 2.75) is 33.1 Å². The molecule has 2 aromatic carbocycles. The fourth-order valence-electron chi connectivity index (χ4n) is 3.13. The standard InChI is InChI=1S/C22H21ClO5/c1-4-26-21(24)22(25)28-19-10-13(2)9-18-20(19)14(3)16(12-27-18)11-15-5-7-17(23)8-6-15/h5-10,12,14H,4,11H2,1-3H3. The van der Waals surface area contributed by atoms with E-state index in [1.807, 2.05) is 44.2 Å². The van der Waals surface area contributed by atoms with Crippen LogP contribution in [-0.4, -0.2) is 18.5 Å². The number of allylic oxidation sites excluding steroid dienone is 1. The normalized spacial score (nSPS) is 15.1. The fraction of sp³-hybridized carbons (Fsp3) is 0.273. The fourth-order valence-corrected chi connectivity index (χ4v) is 3.26. The van der Waals surface area contributed by atoms with Crippen molar-refractivity contribution in [3.8, 4) is 11.5 Å². The van der Waals surface area contributed by atoms with Crippen molar-refractivity contribution in [2.75, 3.05) is 6.61 Å². The highest BCUT2D eigenvalue weighted by Gasteiger charge is 2.28. The molecule has 0 fully saturated rings. The van der Waals surface area contributed by atoms with Crippen LogP contribution in [0.2, 0.25) is 5.02 Å². The maximum Gasteiger partial charge on any atom is 0.422 e. The number of hydrogen-bond donors (Lipinski definition) is 0. The Kier molecular flexibility index (Phi) is 6.05. The van der Waals surface area contributed by atoms with E-state index >= 15 is 0 Å². The van der Waals surface area contributed by atoms with Gasteiger partial charge >= 0.3 is 11.9 Å². The van der Waals surface area contributed by atoms with Gasteiger partial charge < -0.3 is 14.2 Å². The third-order valence-electron chi connectivity index (χ3n) is 4.54. The molecule has 6 heteroatoms. The van der Waals surface area contributed by atoms with E-state index < -0.39 is 11.9 Å². The number of benzene rings is 2. The summed E-state index contributed by atoms with van der Waals surface area (Å²) in [6, 6.07) is 11.2. The number of carbonyl (C=O) groups is 2. The molecular formula is C22H21ClO5. The first-order chi connectivity index (χ1) is 13.4. The van der Waals surface area contributed by atoms with Crippen molar-refractivity contribution in [3.05, 3.63) is 69.9 Å². The van der Waals surface area contributed by atoms with Gasteiger partial charge in [0.25, 0.3) is 0 Å². The second-order valence-corrected chi connectivity index (χ2v) is 7.06.